The number of hydrogen-bond acceptors (Lipinski definition) is 4. The number of hydrogen-bond donors (Lipinski definition) is 3. The average Bonchev–Trinajstić information content (AvgIpc) is 2.63. The minimum Gasteiger partial charge on any atom is -0.326 e. The first-order valence-electron chi connectivity index (χ1n) is 7.86. The van der Waals surface area contributed by atoms with Gasteiger partial charge in [-0.05, 0) is 24.3 Å². The van der Waals surface area contributed by atoms with Gasteiger partial charge in [-0.25, -0.2) is 4.98 Å². The van der Waals surface area contributed by atoms with Crippen molar-refractivity contribution in [2.24, 2.45) is 0 Å². The molecule has 0 fully saturated rings. The van der Waals surface area contributed by atoms with Crippen LogP contribution >= 0.6 is 0 Å². The summed E-state index contributed by atoms with van der Waals surface area (Å²) in [6.45, 7) is 1.41. The van der Waals surface area contributed by atoms with Gasteiger partial charge in [0.15, 0.2) is 0 Å². The molecular formula is C19H16N4O3. The van der Waals surface area contributed by atoms with Crippen LogP contribution in [-0.2, 0) is 4.79 Å². The molecule has 2 aromatic carbocycles. The number of benzene rings is 2. The fraction of sp³-hybridized carbons (Fsp3) is 0.0526. The summed E-state index contributed by atoms with van der Waals surface area (Å²) in [6, 6.07) is 15.7. The molecule has 3 rings (SSSR count). The van der Waals surface area contributed by atoms with E-state index < -0.39 is 11.5 Å². The number of nitrogens with zero attached hydrogens (tertiary/aromatic N) is 1. The first kappa shape index (κ1) is 17.1. The van der Waals surface area contributed by atoms with Crippen molar-refractivity contribution in [1.29, 1.82) is 0 Å². The summed E-state index contributed by atoms with van der Waals surface area (Å²) in [7, 11) is 0. The number of carbonyl (C=O) groups is 2. The maximum atomic E-state index is 12.3. The number of aromatic nitrogens is 2. The Balaban J connectivity index is 1.76. The molecule has 130 valence electrons. The fourth-order valence-electron chi connectivity index (χ4n) is 2.34. The molecule has 3 aromatic rings. The van der Waals surface area contributed by atoms with Crippen LogP contribution < -0.4 is 16.2 Å². The van der Waals surface area contributed by atoms with Crippen LogP contribution in [0, 0.1) is 0 Å². The van der Waals surface area contributed by atoms with Gasteiger partial charge in [-0.15, -0.1) is 0 Å². The largest absolute Gasteiger partial charge is 0.326 e. The van der Waals surface area contributed by atoms with Gasteiger partial charge in [-0.3, -0.25) is 14.4 Å². The van der Waals surface area contributed by atoms with Gasteiger partial charge >= 0.3 is 0 Å². The number of nitrogens with one attached hydrogen (secondary N) is 3. The maximum absolute atomic E-state index is 12.3. The fourth-order valence-corrected chi connectivity index (χ4v) is 2.34. The lowest BCUT2D eigenvalue weighted by Gasteiger charge is -2.07. The minimum absolute atomic E-state index is 0.0874. The van der Waals surface area contributed by atoms with Gasteiger partial charge in [0, 0.05) is 30.1 Å². The molecule has 7 heteroatoms. The van der Waals surface area contributed by atoms with Crippen molar-refractivity contribution in [2.45, 2.75) is 6.92 Å². The zero-order valence-electron chi connectivity index (χ0n) is 13.9. The molecule has 0 radical (unpaired) electrons. The smallest absolute Gasteiger partial charge is 0.264 e. The molecule has 7 nitrogen and oxygen atoms in total. The lowest BCUT2D eigenvalue weighted by molar-refractivity contribution is -0.114. The van der Waals surface area contributed by atoms with Crippen LogP contribution in [0.4, 0.5) is 11.4 Å². The minimum atomic E-state index is -0.564. The third-order valence-electron chi connectivity index (χ3n) is 3.55. The summed E-state index contributed by atoms with van der Waals surface area (Å²) in [4.78, 5) is 42.3. The molecule has 0 aliphatic carbocycles. The van der Waals surface area contributed by atoms with Gasteiger partial charge in [0.25, 0.3) is 11.5 Å². The summed E-state index contributed by atoms with van der Waals surface area (Å²) in [5, 5.41) is 5.26. The van der Waals surface area contributed by atoms with E-state index in [2.05, 4.69) is 20.6 Å². The maximum Gasteiger partial charge on any atom is 0.264 e. The Hall–Kier alpha value is -3.74. The summed E-state index contributed by atoms with van der Waals surface area (Å²) in [5.41, 5.74) is 1.25. The molecule has 26 heavy (non-hydrogen) atoms. The van der Waals surface area contributed by atoms with Gasteiger partial charge in [0.2, 0.25) is 5.91 Å². The van der Waals surface area contributed by atoms with Crippen LogP contribution in [-0.4, -0.2) is 21.8 Å². The van der Waals surface area contributed by atoms with Crippen LogP contribution in [0.1, 0.15) is 17.3 Å². The van der Waals surface area contributed by atoms with E-state index in [1.54, 1.807) is 24.3 Å². The molecule has 0 aliphatic heterocycles. The highest BCUT2D eigenvalue weighted by Crippen LogP contribution is 2.15. The highest BCUT2D eigenvalue weighted by molar-refractivity contribution is 6.04. The Bertz CT molecular complexity index is 995. The Labute approximate surface area is 149 Å². The molecule has 3 N–H and O–H groups in total. The standard InChI is InChI=1S/C19H16N4O3/c1-12(24)21-14-7-9-15(10-8-14)22-18(25)16-11-20-17(23-19(16)26)13-5-3-2-4-6-13/h2-11H,1H3,(H,21,24)(H,22,25)(H,20,23,26). The van der Waals surface area contributed by atoms with Crippen LogP contribution in [0.25, 0.3) is 11.4 Å². The normalized spacial score (nSPS) is 10.2. The van der Waals surface area contributed by atoms with Gasteiger partial charge in [-0.1, -0.05) is 30.3 Å². The number of aromatic amines is 1. The number of rotatable bonds is 4. The number of anilines is 2. The van der Waals surface area contributed by atoms with Crippen molar-refractivity contribution in [3.05, 3.63) is 76.7 Å². The lowest BCUT2D eigenvalue weighted by atomic mass is 10.2. The second-order valence-electron chi connectivity index (χ2n) is 5.55. The number of amides is 2. The van der Waals surface area contributed by atoms with Crippen LogP contribution in [0.3, 0.4) is 0 Å². The number of H-pyrrole nitrogens is 1. The summed E-state index contributed by atoms with van der Waals surface area (Å²) in [6.07, 6.45) is 1.25. The molecule has 2 amide bonds. The second-order valence-corrected chi connectivity index (χ2v) is 5.55. The highest BCUT2D eigenvalue weighted by atomic mass is 16.2. The van der Waals surface area contributed by atoms with E-state index in [1.807, 2.05) is 30.3 Å². The zero-order chi connectivity index (χ0) is 18.5. The molecule has 1 aromatic heterocycles. The van der Waals surface area contributed by atoms with Crippen LogP contribution in [0.5, 0.6) is 0 Å². The summed E-state index contributed by atoms with van der Waals surface area (Å²) >= 11 is 0. The third kappa shape index (κ3) is 4.02. The molecule has 0 atom stereocenters. The van der Waals surface area contributed by atoms with E-state index in [9.17, 15) is 14.4 Å². The van der Waals surface area contributed by atoms with Crippen molar-refractivity contribution in [2.75, 3.05) is 10.6 Å². The Morgan fingerprint density at radius 2 is 1.54 bits per heavy atom. The summed E-state index contributed by atoms with van der Waals surface area (Å²) in [5.74, 6) is -0.352. The van der Waals surface area contributed by atoms with Crippen molar-refractivity contribution < 1.29 is 9.59 Å². The SMILES string of the molecule is CC(=O)Nc1ccc(NC(=O)c2cnc(-c3ccccc3)[nH]c2=O)cc1. The average molecular weight is 348 g/mol. The molecule has 0 unspecified atom stereocenters. The topological polar surface area (TPSA) is 104 Å². The molecule has 0 saturated heterocycles. The van der Waals surface area contributed by atoms with Gasteiger partial charge in [0.05, 0.1) is 0 Å². The monoisotopic (exact) mass is 348 g/mol. The summed E-state index contributed by atoms with van der Waals surface area (Å²) < 4.78 is 0. The predicted molar refractivity (Wildman–Crippen MR) is 99.0 cm³/mol. The van der Waals surface area contributed by atoms with Crippen LogP contribution in [0.15, 0.2) is 65.6 Å². The number of carbonyl (C=O) groups excluding carboxylic acids is 2. The molecule has 0 spiro atoms. The van der Waals surface area contributed by atoms with Crippen molar-refractivity contribution in [3.63, 3.8) is 0 Å². The Kier molecular flexibility index (Phi) is 4.89. The Morgan fingerprint density at radius 1 is 0.923 bits per heavy atom. The van der Waals surface area contributed by atoms with Gasteiger partial charge < -0.3 is 15.6 Å². The van der Waals surface area contributed by atoms with E-state index in [1.165, 1.54) is 13.1 Å². The quantitative estimate of drug-likeness (QED) is 0.674. The van der Waals surface area contributed by atoms with Gasteiger partial charge in [-0.2, -0.15) is 0 Å². The second kappa shape index (κ2) is 7.43. The van der Waals surface area contributed by atoms with E-state index in [4.69, 9.17) is 0 Å². The lowest BCUT2D eigenvalue weighted by Crippen LogP contribution is -2.24. The molecule has 0 saturated carbocycles. The van der Waals surface area contributed by atoms with E-state index in [0.29, 0.717) is 17.2 Å². The van der Waals surface area contributed by atoms with E-state index in [-0.39, 0.29) is 11.5 Å². The highest BCUT2D eigenvalue weighted by Gasteiger charge is 2.13. The van der Waals surface area contributed by atoms with Crippen molar-refractivity contribution in [1.82, 2.24) is 9.97 Å². The zero-order valence-corrected chi connectivity index (χ0v) is 13.9. The Morgan fingerprint density at radius 3 is 2.12 bits per heavy atom. The first-order chi connectivity index (χ1) is 12.5. The van der Waals surface area contributed by atoms with Gasteiger partial charge in [0.1, 0.15) is 11.4 Å². The van der Waals surface area contributed by atoms with E-state index >= 15 is 0 Å². The molecule has 1 heterocycles. The third-order valence-corrected chi connectivity index (χ3v) is 3.55. The van der Waals surface area contributed by atoms with Crippen molar-refractivity contribution in [3.8, 4) is 11.4 Å². The predicted octanol–water partition coefficient (Wildman–Crippen LogP) is 2.65. The van der Waals surface area contributed by atoms with E-state index in [0.717, 1.165) is 5.56 Å². The van der Waals surface area contributed by atoms with Crippen molar-refractivity contribution >= 4 is 23.2 Å². The molecule has 0 bridgehead atoms. The first-order valence-corrected chi connectivity index (χ1v) is 7.86. The molecule has 0 aliphatic rings. The molecular weight excluding hydrogens is 332 g/mol. The van der Waals surface area contributed by atoms with Crippen LogP contribution in [0.2, 0.25) is 0 Å².